The number of piperidine rings is 1. The number of nitrogens with one attached hydrogen (secondary N) is 3. The van der Waals surface area contributed by atoms with Crippen LogP contribution in [0.2, 0.25) is 0 Å². The van der Waals surface area contributed by atoms with Crippen molar-refractivity contribution < 1.29 is 24.2 Å². The lowest BCUT2D eigenvalue weighted by Crippen LogP contribution is -2.35. The number of aliphatic hydroxyl groups is 1. The lowest BCUT2D eigenvalue weighted by atomic mass is 10.1. The highest BCUT2D eigenvalue weighted by Gasteiger charge is 2.19. The molecule has 0 saturated carbocycles. The third-order valence-corrected chi connectivity index (χ3v) is 8.98. The Hall–Kier alpha value is -5.32. The molecular weight excluding hydrogens is 630 g/mol. The van der Waals surface area contributed by atoms with E-state index in [0.29, 0.717) is 40.7 Å². The summed E-state index contributed by atoms with van der Waals surface area (Å²) in [6.07, 6.45) is 6.72. The van der Waals surface area contributed by atoms with Crippen molar-refractivity contribution in [3.63, 3.8) is 0 Å². The van der Waals surface area contributed by atoms with E-state index in [1.807, 2.05) is 30.3 Å². The summed E-state index contributed by atoms with van der Waals surface area (Å²) in [5.41, 5.74) is 5.11. The number of likely N-dealkylation sites (tertiary alicyclic amines) is 1. The summed E-state index contributed by atoms with van der Waals surface area (Å²) in [6, 6.07) is 28.0. The Balaban J connectivity index is 1.06. The molecule has 10 heteroatoms. The van der Waals surface area contributed by atoms with Crippen LogP contribution < -0.4 is 25.4 Å². The topological polar surface area (TPSA) is 117 Å². The number of aromatic nitrogens is 1. The number of anilines is 2. The molecule has 3 amide bonds. The number of carbonyl (C=O) groups excluding carboxylic acids is 2. The average Bonchev–Trinajstić information content (AvgIpc) is 3.50. The Morgan fingerprint density at radius 2 is 1.60 bits per heavy atom. The van der Waals surface area contributed by atoms with Crippen molar-refractivity contribution in [1.82, 2.24) is 14.8 Å². The molecule has 1 aliphatic heterocycles. The molecule has 4 N–H and O–H groups in total. The molecule has 50 heavy (non-hydrogen) atoms. The number of carbonyl (C=O) groups is 2. The Bertz CT molecular complexity index is 1900. The first-order valence-electron chi connectivity index (χ1n) is 17.3. The monoisotopic (exact) mass is 675 g/mol. The van der Waals surface area contributed by atoms with Crippen molar-refractivity contribution in [1.29, 1.82) is 0 Å². The van der Waals surface area contributed by atoms with Gasteiger partial charge in [-0.05, 0) is 91.6 Å². The van der Waals surface area contributed by atoms with E-state index in [0.717, 1.165) is 62.9 Å². The predicted octanol–water partition coefficient (Wildman–Crippen LogP) is 7.95. The molecule has 260 valence electrons. The molecule has 0 aliphatic carbocycles. The predicted molar refractivity (Wildman–Crippen MR) is 198 cm³/mol. The van der Waals surface area contributed by atoms with E-state index in [1.165, 1.54) is 10.9 Å². The first-order chi connectivity index (χ1) is 24.4. The molecule has 0 spiro atoms. The Morgan fingerprint density at radius 1 is 0.860 bits per heavy atom. The van der Waals surface area contributed by atoms with Gasteiger partial charge in [-0.15, -0.1) is 0 Å². The summed E-state index contributed by atoms with van der Waals surface area (Å²) in [7, 11) is 1.55. The third-order valence-electron chi connectivity index (χ3n) is 8.98. The summed E-state index contributed by atoms with van der Waals surface area (Å²) in [4.78, 5) is 27.8. The van der Waals surface area contributed by atoms with Crippen LogP contribution in [0.5, 0.6) is 17.2 Å². The van der Waals surface area contributed by atoms with Gasteiger partial charge in [0.2, 0.25) is 0 Å². The summed E-state index contributed by atoms with van der Waals surface area (Å²) in [5.74, 6) is 1.32. The number of methoxy groups -OCH3 is 1. The molecule has 10 nitrogen and oxygen atoms in total. The summed E-state index contributed by atoms with van der Waals surface area (Å²) in [5, 5.41) is 19.8. The zero-order valence-electron chi connectivity index (χ0n) is 28.7. The summed E-state index contributed by atoms with van der Waals surface area (Å²) < 4.78 is 13.7. The Morgan fingerprint density at radius 3 is 2.34 bits per heavy atom. The van der Waals surface area contributed by atoms with E-state index < -0.39 is 0 Å². The van der Waals surface area contributed by atoms with E-state index in [4.69, 9.17) is 9.47 Å². The number of hydrogen-bond acceptors (Lipinski definition) is 6. The molecule has 4 aromatic carbocycles. The van der Waals surface area contributed by atoms with Gasteiger partial charge in [0.05, 0.1) is 18.7 Å². The van der Waals surface area contributed by atoms with E-state index in [-0.39, 0.29) is 18.0 Å². The minimum absolute atomic E-state index is 0.193. The zero-order chi connectivity index (χ0) is 34.9. The molecule has 6 rings (SSSR count). The number of para-hydroxylation sites is 1. The smallest absolute Gasteiger partial charge is 0.319 e. The lowest BCUT2D eigenvalue weighted by molar-refractivity contribution is 0.0794. The molecule has 1 saturated heterocycles. The van der Waals surface area contributed by atoms with Crippen LogP contribution in [0.3, 0.4) is 0 Å². The number of unbranched alkanes of at least 4 members (excludes halogenated alkanes) is 2. The number of urea groups is 1. The maximum atomic E-state index is 13.2. The molecule has 5 aromatic rings. The SMILES string of the molecule is CCCCCNC(=O)Nc1ccc(Oc2ccc(NC(=O)c3ccc(-n4cc(CN5CCC(O)CC5)c5ccccc54)cc3)cc2)c(OC)c1. The van der Waals surface area contributed by atoms with Gasteiger partial charge in [-0.3, -0.25) is 9.69 Å². The van der Waals surface area contributed by atoms with Crippen LogP contribution in [-0.4, -0.2) is 59.4 Å². The third kappa shape index (κ3) is 8.63. The lowest BCUT2D eigenvalue weighted by Gasteiger charge is -2.29. The zero-order valence-corrected chi connectivity index (χ0v) is 28.7. The molecule has 0 atom stereocenters. The van der Waals surface area contributed by atoms with Gasteiger partial charge < -0.3 is 35.1 Å². The highest BCUT2D eigenvalue weighted by atomic mass is 16.5. The van der Waals surface area contributed by atoms with Crippen LogP contribution in [0.4, 0.5) is 16.2 Å². The van der Waals surface area contributed by atoms with E-state index >= 15 is 0 Å². The van der Waals surface area contributed by atoms with Crippen LogP contribution in [0.1, 0.15) is 54.9 Å². The van der Waals surface area contributed by atoms with Gasteiger partial charge in [-0.1, -0.05) is 38.0 Å². The van der Waals surface area contributed by atoms with Crippen molar-refractivity contribution in [3.8, 4) is 22.9 Å². The fourth-order valence-electron chi connectivity index (χ4n) is 6.20. The number of ether oxygens (including phenoxy) is 2. The second-order valence-corrected chi connectivity index (χ2v) is 12.6. The minimum Gasteiger partial charge on any atom is -0.493 e. The standard InChI is InChI=1S/C40H45N5O5/c1-3-4-7-22-41-40(48)43-31-14-19-37(38(25-31)49-2)50-34-17-12-30(13-18-34)42-39(47)28-10-15-32(16-11-28)45-27-29(35-8-5-6-9-36(35)45)26-44-23-20-33(46)21-24-44/h5-6,8-19,25,27,33,46H,3-4,7,20-24,26H2,1-2H3,(H,42,47)(H2,41,43,48). The normalized spacial score (nSPS) is 13.6. The molecule has 1 aromatic heterocycles. The number of rotatable bonds is 13. The molecule has 1 fully saturated rings. The summed E-state index contributed by atoms with van der Waals surface area (Å²) >= 11 is 0. The van der Waals surface area contributed by atoms with Crippen molar-refractivity contribution in [2.45, 2.75) is 51.7 Å². The number of fused-ring (bicyclic) bond motifs is 1. The van der Waals surface area contributed by atoms with Crippen molar-refractivity contribution in [2.75, 3.05) is 37.4 Å². The van der Waals surface area contributed by atoms with Crippen LogP contribution in [0.25, 0.3) is 16.6 Å². The van der Waals surface area contributed by atoms with Gasteiger partial charge in [0, 0.05) is 66.5 Å². The van der Waals surface area contributed by atoms with Gasteiger partial charge in [0.1, 0.15) is 5.75 Å². The Kier molecular flexibility index (Phi) is 11.3. The van der Waals surface area contributed by atoms with Crippen LogP contribution in [0, 0.1) is 0 Å². The van der Waals surface area contributed by atoms with Gasteiger partial charge in [-0.2, -0.15) is 0 Å². The molecule has 0 radical (unpaired) electrons. The minimum atomic E-state index is -0.263. The fraction of sp³-hybridized carbons (Fsp3) is 0.300. The average molecular weight is 676 g/mol. The summed E-state index contributed by atoms with van der Waals surface area (Å²) in [6.45, 7) is 5.36. The van der Waals surface area contributed by atoms with Gasteiger partial charge in [0.15, 0.2) is 11.5 Å². The number of hydrogen-bond donors (Lipinski definition) is 4. The quantitative estimate of drug-likeness (QED) is 0.0942. The highest BCUT2D eigenvalue weighted by molar-refractivity contribution is 6.04. The first kappa shape index (κ1) is 34.5. The fourth-order valence-corrected chi connectivity index (χ4v) is 6.20. The van der Waals surface area contributed by atoms with Crippen molar-refractivity contribution in [3.05, 3.63) is 108 Å². The first-order valence-corrected chi connectivity index (χ1v) is 17.3. The maximum absolute atomic E-state index is 13.2. The highest BCUT2D eigenvalue weighted by Crippen LogP contribution is 2.34. The van der Waals surface area contributed by atoms with Crippen LogP contribution in [0.15, 0.2) is 97.2 Å². The number of aliphatic hydroxyl groups excluding tert-OH is 1. The molecule has 0 bridgehead atoms. The molecule has 1 aliphatic rings. The van der Waals surface area contributed by atoms with E-state index in [2.05, 4.69) is 56.7 Å². The van der Waals surface area contributed by atoms with Crippen molar-refractivity contribution in [2.24, 2.45) is 0 Å². The number of benzene rings is 4. The van der Waals surface area contributed by atoms with Crippen LogP contribution in [-0.2, 0) is 6.54 Å². The van der Waals surface area contributed by atoms with Gasteiger partial charge >= 0.3 is 6.03 Å². The van der Waals surface area contributed by atoms with Gasteiger partial charge in [-0.25, -0.2) is 4.79 Å². The molecule has 2 heterocycles. The maximum Gasteiger partial charge on any atom is 0.319 e. The van der Waals surface area contributed by atoms with Crippen LogP contribution >= 0.6 is 0 Å². The van der Waals surface area contributed by atoms with Crippen molar-refractivity contribution >= 4 is 34.2 Å². The van der Waals surface area contributed by atoms with E-state index in [9.17, 15) is 14.7 Å². The number of amides is 3. The second kappa shape index (κ2) is 16.4. The van der Waals surface area contributed by atoms with E-state index in [1.54, 1.807) is 49.6 Å². The largest absolute Gasteiger partial charge is 0.493 e. The molecule has 0 unspecified atom stereocenters. The number of nitrogens with zero attached hydrogens (tertiary/aromatic N) is 2. The Labute approximate surface area is 293 Å². The second-order valence-electron chi connectivity index (χ2n) is 12.6. The van der Waals surface area contributed by atoms with Gasteiger partial charge in [0.25, 0.3) is 5.91 Å². The molecular formula is C40H45N5O5.